The van der Waals surface area contributed by atoms with E-state index in [0.717, 1.165) is 0 Å². The summed E-state index contributed by atoms with van der Waals surface area (Å²) < 4.78 is 0. The Labute approximate surface area is 525 Å². The molecule has 9 atom stereocenters. The molecule has 0 spiro atoms. The van der Waals surface area contributed by atoms with E-state index in [1.54, 1.807) is 58.0 Å². The molecule has 0 saturated heterocycles. The lowest BCUT2D eigenvalue weighted by molar-refractivity contribution is -0.142. The highest BCUT2D eigenvalue weighted by Crippen LogP contribution is 2.18. The van der Waals surface area contributed by atoms with Gasteiger partial charge in [-0.2, -0.15) is 0 Å². The normalized spacial score (nSPS) is 14.0. The number of nitrogens with zero attached hydrogens (tertiary/aromatic N) is 1. The molecule has 29 heteroatoms. The summed E-state index contributed by atoms with van der Waals surface area (Å²) in [6.07, 6.45) is -2.51. The zero-order chi connectivity index (χ0) is 67.5. The smallest absolute Gasteiger partial charge is 0.326 e. The molecule has 91 heavy (non-hydrogen) atoms. The van der Waals surface area contributed by atoms with Crippen molar-refractivity contribution < 1.29 is 73.2 Å². The second-order valence-corrected chi connectivity index (χ2v) is 22.8. The van der Waals surface area contributed by atoms with E-state index in [1.165, 1.54) is 72.8 Å². The number of primary amides is 2. The molecule has 0 aliphatic carbocycles. The highest BCUT2D eigenvalue weighted by atomic mass is 16.4. The maximum Gasteiger partial charge on any atom is 0.326 e. The number of guanidine groups is 1. The lowest BCUT2D eigenvalue weighted by Crippen LogP contribution is -2.61. The summed E-state index contributed by atoms with van der Waals surface area (Å²) in [5, 5.41) is 60.8. The molecule has 0 aliphatic heterocycles. The number of phenolic OH excluding ortho intramolecular Hbond substituents is 3. The predicted molar refractivity (Wildman–Crippen MR) is 333 cm³/mol. The van der Waals surface area contributed by atoms with Crippen molar-refractivity contribution in [3.05, 3.63) is 125 Å². The standard InChI is InChI=1S/C62H84N14O15/c1-33(2)25-44(72-59(88)48(29-38-16-22-41(79)23-17-38)74-60(89)49(32-52(65)81)75-58(87)46(27-36-12-18-39(77)19-13-36)70-53(82)42(63)31-51(64)80)55(84)73-47(28-37-14-20-40(78)21-15-37)57(86)69-43(11-8-24-68-62(66)67)54(83)71-45(26-34(3)4)56(85)76-50(61(90)91)30-35-9-6-5-7-10-35/h5-7,9-10,12-23,33-34,42-50,77-79H,8,11,24-32,63H2,1-4H3,(H2,64,80)(H2,65,81)(H,69,86)(H,70,82)(H,71,83)(H,72,88)(H,73,84)(H,74,89)(H,75,87)(H,76,85)(H,90,91)(H4,66,67,68)/t42-,43-,44-,45-,46-,47-,48-,49-,50-/m0/s1. The molecule has 0 bridgehead atoms. The van der Waals surface area contributed by atoms with Crippen molar-refractivity contribution in [2.24, 2.45) is 45.5 Å². The van der Waals surface area contributed by atoms with Crippen LogP contribution in [0.1, 0.15) is 88.5 Å². The van der Waals surface area contributed by atoms with Crippen LogP contribution in [0.15, 0.2) is 108 Å². The third-order valence-corrected chi connectivity index (χ3v) is 14.0. The third kappa shape index (κ3) is 26.5. The minimum absolute atomic E-state index is 0.00483. The molecule has 0 aliphatic rings. The second kappa shape index (κ2) is 36.2. The lowest BCUT2D eigenvalue weighted by Gasteiger charge is -2.29. The zero-order valence-corrected chi connectivity index (χ0v) is 51.1. The Morgan fingerprint density at radius 1 is 0.396 bits per heavy atom. The molecule has 0 fully saturated rings. The summed E-state index contributed by atoms with van der Waals surface area (Å²) in [7, 11) is 0. The number of carboxylic acid groups (broad SMARTS) is 1. The SMILES string of the molecule is CC(C)C[C@H](NC(=O)[C@H](CCCN=C(N)N)NC(=O)[C@H](Cc1ccc(O)cc1)NC(=O)[C@H](CC(C)C)NC(=O)[C@H](Cc1ccc(O)cc1)NC(=O)[C@H](CC(N)=O)NC(=O)[C@H](Cc1ccc(O)cc1)NC(=O)[C@@H](N)CC(N)=O)C(=O)N[C@@H](Cc1ccccc1)C(=O)O. The summed E-state index contributed by atoms with van der Waals surface area (Å²) in [6, 6.07) is 11.5. The number of aromatic hydroxyl groups is 3. The largest absolute Gasteiger partial charge is 0.508 e. The van der Waals surface area contributed by atoms with Crippen LogP contribution in [0, 0.1) is 11.8 Å². The molecular formula is C62H84N14O15. The number of rotatable bonds is 37. The number of aliphatic carboxylic acids is 1. The Bertz CT molecular complexity index is 3160. The Balaban J connectivity index is 1.69. The number of carbonyl (C=O) groups is 11. The second-order valence-electron chi connectivity index (χ2n) is 22.8. The Morgan fingerprint density at radius 3 is 1.08 bits per heavy atom. The van der Waals surface area contributed by atoms with Gasteiger partial charge in [0.1, 0.15) is 65.6 Å². The monoisotopic (exact) mass is 1260 g/mol. The molecule has 0 heterocycles. The first-order chi connectivity index (χ1) is 43.0. The first-order valence-electron chi connectivity index (χ1n) is 29.4. The fourth-order valence-corrected chi connectivity index (χ4v) is 9.36. The number of hydrogen-bond donors (Lipinski definition) is 17. The van der Waals surface area contributed by atoms with Gasteiger partial charge in [0.25, 0.3) is 0 Å². The van der Waals surface area contributed by atoms with Crippen LogP contribution < -0.4 is 71.2 Å². The molecule has 4 aromatic rings. The van der Waals surface area contributed by atoms with Gasteiger partial charge in [0.15, 0.2) is 5.96 Å². The van der Waals surface area contributed by atoms with Gasteiger partial charge in [0, 0.05) is 32.2 Å². The summed E-state index contributed by atoms with van der Waals surface area (Å²) in [4.78, 5) is 155. The van der Waals surface area contributed by atoms with Crippen molar-refractivity contribution in [2.75, 3.05) is 6.54 Å². The van der Waals surface area contributed by atoms with Gasteiger partial charge in [-0.3, -0.25) is 52.9 Å². The average Bonchev–Trinajstić information content (AvgIpc) is 2.67. The maximum absolute atomic E-state index is 14.8. The van der Waals surface area contributed by atoms with Crippen LogP contribution in [-0.4, -0.2) is 152 Å². The van der Waals surface area contributed by atoms with Gasteiger partial charge in [-0.15, -0.1) is 0 Å². The van der Waals surface area contributed by atoms with E-state index in [2.05, 4.69) is 47.5 Å². The topological polar surface area (TPSA) is 507 Å². The van der Waals surface area contributed by atoms with Crippen LogP contribution in [-0.2, 0) is 78.4 Å². The third-order valence-electron chi connectivity index (χ3n) is 14.0. The Morgan fingerprint density at radius 2 is 0.703 bits per heavy atom. The summed E-state index contributed by atoms with van der Waals surface area (Å²) >= 11 is 0. The number of nitrogens with two attached hydrogens (primary N) is 5. The molecule has 492 valence electrons. The summed E-state index contributed by atoms with van der Waals surface area (Å²) in [6.45, 7) is 7.01. The quantitative estimate of drug-likeness (QED) is 0.0135. The summed E-state index contributed by atoms with van der Waals surface area (Å²) in [5.41, 5.74) is 29.6. The molecule has 4 aromatic carbocycles. The Hall–Kier alpha value is -10.3. The number of aliphatic imine (C=N–C) groups is 1. The number of hydrogen-bond acceptors (Lipinski definition) is 16. The fraction of sp³-hybridized carbons (Fsp3) is 0.419. The van der Waals surface area contributed by atoms with E-state index in [1.807, 2.05) is 0 Å². The van der Waals surface area contributed by atoms with Crippen molar-refractivity contribution in [3.63, 3.8) is 0 Å². The minimum Gasteiger partial charge on any atom is -0.508 e. The van der Waals surface area contributed by atoms with Crippen LogP contribution in [0.5, 0.6) is 17.2 Å². The molecule has 22 N–H and O–H groups in total. The van der Waals surface area contributed by atoms with E-state index in [-0.39, 0.29) is 93.0 Å². The molecular weight excluding hydrogens is 1180 g/mol. The van der Waals surface area contributed by atoms with Crippen LogP contribution >= 0.6 is 0 Å². The van der Waals surface area contributed by atoms with Crippen molar-refractivity contribution in [2.45, 2.75) is 146 Å². The van der Waals surface area contributed by atoms with E-state index in [0.29, 0.717) is 22.3 Å². The van der Waals surface area contributed by atoms with Gasteiger partial charge >= 0.3 is 5.97 Å². The van der Waals surface area contributed by atoms with Crippen molar-refractivity contribution in [1.29, 1.82) is 0 Å². The number of amides is 10. The number of carboxylic acids is 1. The number of benzene rings is 4. The molecule has 29 nitrogen and oxygen atoms in total. The highest BCUT2D eigenvalue weighted by molar-refractivity contribution is 5.99. The van der Waals surface area contributed by atoms with Gasteiger partial charge < -0.3 is 91.6 Å². The Kier molecular flexibility index (Phi) is 29.1. The van der Waals surface area contributed by atoms with Gasteiger partial charge in [-0.25, -0.2) is 4.79 Å². The number of phenols is 3. The molecule has 0 radical (unpaired) electrons. The van der Waals surface area contributed by atoms with Crippen LogP contribution in [0.3, 0.4) is 0 Å². The van der Waals surface area contributed by atoms with E-state index >= 15 is 0 Å². The van der Waals surface area contributed by atoms with E-state index in [4.69, 9.17) is 28.7 Å². The zero-order valence-electron chi connectivity index (χ0n) is 51.1. The predicted octanol–water partition coefficient (Wildman–Crippen LogP) is -1.74. The summed E-state index contributed by atoms with van der Waals surface area (Å²) in [5.74, 6) is -12.3. The number of carbonyl (C=O) groups excluding carboxylic acids is 10. The molecule has 4 rings (SSSR count). The lowest BCUT2D eigenvalue weighted by atomic mass is 9.99. The molecule has 10 amide bonds. The molecule has 0 unspecified atom stereocenters. The molecule has 0 saturated carbocycles. The minimum atomic E-state index is -1.84. The van der Waals surface area contributed by atoms with Gasteiger partial charge in [0.05, 0.1) is 18.9 Å². The van der Waals surface area contributed by atoms with Gasteiger partial charge in [0.2, 0.25) is 59.1 Å². The first kappa shape index (κ1) is 73.2. The van der Waals surface area contributed by atoms with Crippen LogP contribution in [0.2, 0.25) is 0 Å². The number of nitrogens with one attached hydrogen (secondary N) is 8. The molecule has 0 aromatic heterocycles. The van der Waals surface area contributed by atoms with Crippen LogP contribution in [0.4, 0.5) is 0 Å². The van der Waals surface area contributed by atoms with Crippen molar-refractivity contribution in [3.8, 4) is 17.2 Å². The first-order valence-corrected chi connectivity index (χ1v) is 29.4. The maximum atomic E-state index is 14.8. The van der Waals surface area contributed by atoms with E-state index in [9.17, 15) is 73.2 Å². The van der Waals surface area contributed by atoms with Gasteiger partial charge in [-0.05, 0) is 96.2 Å². The van der Waals surface area contributed by atoms with Gasteiger partial charge in [-0.1, -0.05) is 94.4 Å². The highest BCUT2D eigenvalue weighted by Gasteiger charge is 2.36. The van der Waals surface area contributed by atoms with E-state index < -0.39 is 132 Å². The van der Waals surface area contributed by atoms with Crippen molar-refractivity contribution >= 4 is 71.0 Å². The average molecular weight is 1270 g/mol. The van der Waals surface area contributed by atoms with Crippen LogP contribution in [0.25, 0.3) is 0 Å². The van der Waals surface area contributed by atoms with Crippen molar-refractivity contribution in [1.82, 2.24) is 42.5 Å². The fourth-order valence-electron chi connectivity index (χ4n) is 9.36.